The van der Waals surface area contributed by atoms with E-state index >= 15 is 0 Å². The quantitative estimate of drug-likeness (QED) is 0.757. The number of benzene rings is 2. The van der Waals surface area contributed by atoms with E-state index in [0.29, 0.717) is 30.3 Å². The number of hydrogen-bond acceptors (Lipinski definition) is 5. The summed E-state index contributed by atoms with van der Waals surface area (Å²) in [6.07, 6.45) is 0.203. The molecule has 0 aliphatic carbocycles. The first-order chi connectivity index (χ1) is 14.4. The van der Waals surface area contributed by atoms with E-state index in [1.54, 1.807) is 38.4 Å². The van der Waals surface area contributed by atoms with Crippen LogP contribution in [0.5, 0.6) is 17.2 Å². The summed E-state index contributed by atoms with van der Waals surface area (Å²) < 4.78 is 16.0. The molecule has 0 saturated carbocycles. The lowest BCUT2D eigenvalue weighted by Crippen LogP contribution is -2.32. The van der Waals surface area contributed by atoms with Crippen LogP contribution >= 0.6 is 0 Å². The Morgan fingerprint density at radius 2 is 1.77 bits per heavy atom. The van der Waals surface area contributed by atoms with Gasteiger partial charge in [0, 0.05) is 25.2 Å². The summed E-state index contributed by atoms with van der Waals surface area (Å²) in [4.78, 5) is 27.0. The zero-order valence-corrected chi connectivity index (χ0v) is 18.1. The van der Waals surface area contributed by atoms with Crippen LogP contribution in [0.25, 0.3) is 0 Å². The lowest BCUT2D eigenvalue weighted by atomic mass is 10.1. The number of rotatable bonds is 7. The van der Waals surface area contributed by atoms with Crippen molar-refractivity contribution in [2.45, 2.75) is 26.8 Å². The molecular formula is C23H28N2O5. The van der Waals surface area contributed by atoms with E-state index in [-0.39, 0.29) is 24.2 Å². The van der Waals surface area contributed by atoms with E-state index in [9.17, 15) is 9.59 Å². The van der Waals surface area contributed by atoms with Crippen LogP contribution in [0.2, 0.25) is 0 Å². The fourth-order valence-corrected chi connectivity index (χ4v) is 3.72. The third-order valence-corrected chi connectivity index (χ3v) is 5.55. The van der Waals surface area contributed by atoms with Gasteiger partial charge in [-0.15, -0.1) is 0 Å². The van der Waals surface area contributed by atoms with Gasteiger partial charge < -0.3 is 24.4 Å². The second kappa shape index (κ2) is 9.07. The van der Waals surface area contributed by atoms with Crippen LogP contribution in [0.1, 0.15) is 23.1 Å². The Balaban J connectivity index is 1.69. The Kier molecular flexibility index (Phi) is 6.50. The molecule has 1 N–H and O–H groups in total. The van der Waals surface area contributed by atoms with Gasteiger partial charge in [0.25, 0.3) is 0 Å². The molecule has 0 bridgehead atoms. The van der Waals surface area contributed by atoms with Gasteiger partial charge in [0.05, 0.1) is 27.2 Å². The number of amides is 2. The molecule has 2 aromatic carbocycles. The summed E-state index contributed by atoms with van der Waals surface area (Å²) in [5.41, 5.74) is 3.87. The van der Waals surface area contributed by atoms with Crippen LogP contribution in [0.4, 0.5) is 5.69 Å². The van der Waals surface area contributed by atoms with Gasteiger partial charge >= 0.3 is 0 Å². The molecule has 1 fully saturated rings. The molecule has 7 nitrogen and oxygen atoms in total. The van der Waals surface area contributed by atoms with Crippen LogP contribution in [0, 0.1) is 19.8 Å². The first-order valence-electron chi connectivity index (χ1n) is 9.82. The van der Waals surface area contributed by atoms with Crippen molar-refractivity contribution in [2.24, 2.45) is 5.92 Å². The maximum atomic E-state index is 12.7. The number of anilines is 1. The fraction of sp³-hybridized carbons (Fsp3) is 0.391. The zero-order valence-electron chi connectivity index (χ0n) is 18.1. The van der Waals surface area contributed by atoms with Gasteiger partial charge in [-0.05, 0) is 48.7 Å². The van der Waals surface area contributed by atoms with Gasteiger partial charge in [-0.25, -0.2) is 0 Å². The highest BCUT2D eigenvalue weighted by atomic mass is 16.5. The molecule has 0 aromatic heterocycles. The molecule has 1 heterocycles. The smallest absolute Gasteiger partial charge is 0.227 e. The maximum absolute atomic E-state index is 12.7. The highest BCUT2D eigenvalue weighted by molar-refractivity contribution is 6.00. The molecule has 1 aliphatic rings. The van der Waals surface area contributed by atoms with Crippen LogP contribution < -0.4 is 24.4 Å². The Hall–Kier alpha value is -3.22. The van der Waals surface area contributed by atoms with E-state index in [2.05, 4.69) is 5.32 Å². The van der Waals surface area contributed by atoms with E-state index in [0.717, 1.165) is 22.4 Å². The number of ether oxygens (including phenoxy) is 3. The lowest BCUT2D eigenvalue weighted by molar-refractivity contribution is -0.126. The highest BCUT2D eigenvalue weighted by Crippen LogP contribution is 2.38. The minimum atomic E-state index is -0.389. The van der Waals surface area contributed by atoms with Crippen LogP contribution in [0.15, 0.2) is 30.3 Å². The van der Waals surface area contributed by atoms with Crippen molar-refractivity contribution in [3.8, 4) is 17.2 Å². The van der Waals surface area contributed by atoms with Crippen molar-refractivity contribution in [3.05, 3.63) is 47.0 Å². The van der Waals surface area contributed by atoms with Gasteiger partial charge in [-0.1, -0.05) is 12.1 Å². The van der Waals surface area contributed by atoms with Crippen molar-refractivity contribution in [3.63, 3.8) is 0 Å². The minimum Gasteiger partial charge on any atom is -0.493 e. The van der Waals surface area contributed by atoms with Crippen molar-refractivity contribution < 1.29 is 23.8 Å². The maximum Gasteiger partial charge on any atom is 0.227 e. The largest absolute Gasteiger partial charge is 0.493 e. The Bertz CT molecular complexity index is 932. The summed E-state index contributed by atoms with van der Waals surface area (Å²) in [6, 6.07) is 9.47. The normalized spacial score (nSPS) is 15.8. The Morgan fingerprint density at radius 1 is 1.10 bits per heavy atom. The van der Waals surface area contributed by atoms with E-state index < -0.39 is 0 Å². The predicted molar refractivity (Wildman–Crippen MR) is 114 cm³/mol. The lowest BCUT2D eigenvalue weighted by Gasteiger charge is -2.20. The van der Waals surface area contributed by atoms with Gasteiger partial charge in [-0.2, -0.15) is 0 Å². The molecule has 1 unspecified atom stereocenters. The fourth-order valence-electron chi connectivity index (χ4n) is 3.72. The predicted octanol–water partition coefficient (Wildman–Crippen LogP) is 3.00. The summed E-state index contributed by atoms with van der Waals surface area (Å²) in [6.45, 7) is 4.69. The van der Waals surface area contributed by atoms with Gasteiger partial charge in [0.1, 0.15) is 0 Å². The molecule has 2 aromatic rings. The summed E-state index contributed by atoms with van der Waals surface area (Å²) in [5.74, 6) is 0.984. The third kappa shape index (κ3) is 4.20. The van der Waals surface area contributed by atoms with E-state index in [1.807, 2.05) is 32.0 Å². The number of hydrogen-bond donors (Lipinski definition) is 1. The molecule has 7 heteroatoms. The number of carbonyl (C=O) groups excluding carboxylic acids is 2. The first-order valence-corrected chi connectivity index (χ1v) is 9.82. The summed E-state index contributed by atoms with van der Waals surface area (Å²) in [7, 11) is 4.64. The topological polar surface area (TPSA) is 77.1 Å². The van der Waals surface area contributed by atoms with Gasteiger partial charge in [0.2, 0.25) is 17.6 Å². The number of nitrogens with one attached hydrogen (secondary N) is 1. The SMILES string of the molecule is COc1cc(CNC(=O)C2CC(=O)N(c3cccc(C)c3C)C2)cc(OC)c1OC. The Morgan fingerprint density at radius 3 is 2.37 bits per heavy atom. The van der Waals surface area contributed by atoms with Gasteiger partial charge in [-0.3, -0.25) is 9.59 Å². The van der Waals surface area contributed by atoms with Crippen molar-refractivity contribution >= 4 is 17.5 Å². The van der Waals surface area contributed by atoms with Crippen LogP contribution in [0.3, 0.4) is 0 Å². The second-order valence-corrected chi connectivity index (χ2v) is 7.38. The molecule has 1 aliphatic heterocycles. The van der Waals surface area contributed by atoms with Gasteiger partial charge in [0.15, 0.2) is 11.5 Å². The van der Waals surface area contributed by atoms with Crippen molar-refractivity contribution in [1.82, 2.24) is 5.32 Å². The second-order valence-electron chi connectivity index (χ2n) is 7.38. The van der Waals surface area contributed by atoms with Crippen LogP contribution in [-0.2, 0) is 16.1 Å². The van der Waals surface area contributed by atoms with E-state index in [1.165, 1.54) is 0 Å². The number of carbonyl (C=O) groups is 2. The van der Waals surface area contributed by atoms with Crippen molar-refractivity contribution in [1.29, 1.82) is 0 Å². The molecule has 30 heavy (non-hydrogen) atoms. The number of nitrogens with zero attached hydrogens (tertiary/aromatic N) is 1. The molecule has 1 saturated heterocycles. The number of methoxy groups -OCH3 is 3. The minimum absolute atomic E-state index is 0.0309. The summed E-state index contributed by atoms with van der Waals surface area (Å²) >= 11 is 0. The third-order valence-electron chi connectivity index (χ3n) is 5.55. The molecule has 3 rings (SSSR count). The molecule has 2 amide bonds. The number of aryl methyl sites for hydroxylation is 1. The van der Waals surface area contributed by atoms with Crippen molar-refractivity contribution in [2.75, 3.05) is 32.8 Å². The standard InChI is InChI=1S/C23H28N2O5/c1-14-7-6-8-18(15(14)2)25-13-17(11-21(25)26)23(27)24-12-16-9-19(28-3)22(30-5)20(10-16)29-4/h6-10,17H,11-13H2,1-5H3,(H,24,27). The zero-order chi connectivity index (χ0) is 21.8. The molecule has 160 valence electrons. The average molecular weight is 412 g/mol. The summed E-state index contributed by atoms with van der Waals surface area (Å²) in [5, 5.41) is 2.93. The molecular weight excluding hydrogens is 384 g/mol. The monoisotopic (exact) mass is 412 g/mol. The first kappa shape index (κ1) is 21.5. The van der Waals surface area contributed by atoms with E-state index in [4.69, 9.17) is 14.2 Å². The molecule has 0 spiro atoms. The Labute approximate surface area is 176 Å². The van der Waals surface area contributed by atoms with Crippen LogP contribution in [-0.4, -0.2) is 39.7 Å². The highest BCUT2D eigenvalue weighted by Gasteiger charge is 2.35. The average Bonchev–Trinajstić information content (AvgIpc) is 3.14. The molecule has 1 atom stereocenters. The molecule has 0 radical (unpaired) electrons.